The molecule has 5 nitrogen and oxygen atoms in total. The first kappa shape index (κ1) is 13.7. The molecule has 1 aromatic heterocycles. The SMILES string of the molecule is CCNCCCCn1c(OC)nc(C)cc1=O. The molecule has 17 heavy (non-hydrogen) atoms. The Labute approximate surface area is 102 Å². The van der Waals surface area contributed by atoms with Gasteiger partial charge in [0.15, 0.2) is 0 Å². The second-order valence-corrected chi connectivity index (χ2v) is 3.93. The zero-order chi connectivity index (χ0) is 12.7. The highest BCUT2D eigenvalue weighted by Crippen LogP contribution is 2.05. The van der Waals surface area contributed by atoms with Gasteiger partial charge in [0.05, 0.1) is 7.11 Å². The van der Waals surface area contributed by atoms with E-state index in [0.717, 1.165) is 25.9 Å². The molecule has 1 heterocycles. The lowest BCUT2D eigenvalue weighted by Gasteiger charge is -2.10. The van der Waals surface area contributed by atoms with Gasteiger partial charge in [0.2, 0.25) is 0 Å². The lowest BCUT2D eigenvalue weighted by Crippen LogP contribution is -2.23. The van der Waals surface area contributed by atoms with Crippen LogP contribution in [0.1, 0.15) is 25.5 Å². The van der Waals surface area contributed by atoms with Crippen molar-refractivity contribution in [2.45, 2.75) is 33.2 Å². The summed E-state index contributed by atoms with van der Waals surface area (Å²) >= 11 is 0. The Hall–Kier alpha value is -1.36. The van der Waals surface area contributed by atoms with Gasteiger partial charge in [0.25, 0.3) is 11.6 Å². The molecular weight excluding hydrogens is 218 g/mol. The molecule has 0 saturated carbocycles. The predicted molar refractivity (Wildman–Crippen MR) is 67.6 cm³/mol. The van der Waals surface area contributed by atoms with Crippen LogP contribution >= 0.6 is 0 Å². The van der Waals surface area contributed by atoms with E-state index < -0.39 is 0 Å². The van der Waals surface area contributed by atoms with Crippen LogP contribution in [0.25, 0.3) is 0 Å². The molecule has 0 fully saturated rings. The normalized spacial score (nSPS) is 10.5. The fourth-order valence-corrected chi connectivity index (χ4v) is 1.65. The summed E-state index contributed by atoms with van der Waals surface area (Å²) in [4.78, 5) is 16.0. The van der Waals surface area contributed by atoms with Crippen molar-refractivity contribution in [2.24, 2.45) is 0 Å². The Balaban J connectivity index is 2.61. The number of rotatable bonds is 7. The minimum atomic E-state index is -0.0437. The van der Waals surface area contributed by atoms with Gasteiger partial charge in [-0.05, 0) is 32.9 Å². The maximum absolute atomic E-state index is 11.8. The van der Waals surface area contributed by atoms with Gasteiger partial charge in [0, 0.05) is 18.3 Å². The first-order chi connectivity index (χ1) is 8.19. The van der Waals surface area contributed by atoms with Gasteiger partial charge in [-0.25, -0.2) is 4.98 Å². The lowest BCUT2D eigenvalue weighted by molar-refractivity contribution is 0.341. The zero-order valence-corrected chi connectivity index (χ0v) is 10.8. The first-order valence-corrected chi connectivity index (χ1v) is 6.02. The van der Waals surface area contributed by atoms with E-state index in [1.807, 2.05) is 0 Å². The number of methoxy groups -OCH3 is 1. The standard InChI is InChI=1S/C12H21N3O2/c1-4-13-7-5-6-8-15-11(16)9-10(2)14-12(15)17-3/h9,13H,4-8H2,1-3H3. The minimum absolute atomic E-state index is 0.0437. The number of hydrogen-bond donors (Lipinski definition) is 1. The molecule has 0 aliphatic heterocycles. The molecule has 0 aliphatic carbocycles. The molecule has 0 aromatic carbocycles. The van der Waals surface area contributed by atoms with Crippen molar-refractivity contribution in [3.05, 3.63) is 22.1 Å². The van der Waals surface area contributed by atoms with Crippen LogP contribution in [0.4, 0.5) is 0 Å². The monoisotopic (exact) mass is 239 g/mol. The van der Waals surface area contributed by atoms with E-state index in [4.69, 9.17) is 4.74 Å². The summed E-state index contributed by atoms with van der Waals surface area (Å²) in [6, 6.07) is 1.94. The summed E-state index contributed by atoms with van der Waals surface area (Å²) in [6.07, 6.45) is 1.98. The van der Waals surface area contributed by atoms with Crippen molar-refractivity contribution in [3.8, 4) is 6.01 Å². The van der Waals surface area contributed by atoms with Crippen molar-refractivity contribution >= 4 is 0 Å². The van der Waals surface area contributed by atoms with Gasteiger partial charge in [-0.1, -0.05) is 6.92 Å². The fraction of sp³-hybridized carbons (Fsp3) is 0.667. The van der Waals surface area contributed by atoms with Crippen LogP contribution in [0.5, 0.6) is 6.01 Å². The highest BCUT2D eigenvalue weighted by molar-refractivity contribution is 5.06. The van der Waals surface area contributed by atoms with E-state index in [1.165, 1.54) is 13.2 Å². The Morgan fingerprint density at radius 2 is 2.24 bits per heavy atom. The molecule has 5 heteroatoms. The summed E-state index contributed by atoms with van der Waals surface area (Å²) < 4.78 is 6.70. The van der Waals surface area contributed by atoms with Crippen LogP contribution < -0.4 is 15.6 Å². The number of aryl methyl sites for hydroxylation is 1. The third-order valence-electron chi connectivity index (χ3n) is 2.52. The molecule has 0 atom stereocenters. The number of ether oxygens (including phenoxy) is 1. The average molecular weight is 239 g/mol. The largest absolute Gasteiger partial charge is 0.468 e. The van der Waals surface area contributed by atoms with E-state index in [-0.39, 0.29) is 5.56 Å². The van der Waals surface area contributed by atoms with E-state index in [0.29, 0.717) is 18.2 Å². The molecule has 1 N–H and O–H groups in total. The minimum Gasteiger partial charge on any atom is -0.468 e. The van der Waals surface area contributed by atoms with Gasteiger partial charge >= 0.3 is 0 Å². The maximum Gasteiger partial charge on any atom is 0.299 e. The molecule has 1 aromatic rings. The van der Waals surface area contributed by atoms with Crippen LogP contribution in [0, 0.1) is 6.92 Å². The molecule has 0 aliphatic rings. The Morgan fingerprint density at radius 1 is 1.47 bits per heavy atom. The molecule has 0 unspecified atom stereocenters. The van der Waals surface area contributed by atoms with E-state index in [9.17, 15) is 4.79 Å². The molecule has 0 bridgehead atoms. The molecular formula is C12H21N3O2. The number of aromatic nitrogens is 2. The highest BCUT2D eigenvalue weighted by atomic mass is 16.5. The van der Waals surface area contributed by atoms with Gasteiger partial charge in [-0.3, -0.25) is 9.36 Å². The fourth-order valence-electron chi connectivity index (χ4n) is 1.65. The summed E-state index contributed by atoms with van der Waals surface area (Å²) in [5.41, 5.74) is 0.647. The molecule has 0 radical (unpaired) electrons. The summed E-state index contributed by atoms with van der Waals surface area (Å²) in [6.45, 7) is 6.49. The van der Waals surface area contributed by atoms with Gasteiger partial charge in [-0.15, -0.1) is 0 Å². The van der Waals surface area contributed by atoms with Gasteiger partial charge in [0.1, 0.15) is 0 Å². The van der Waals surface area contributed by atoms with Crippen molar-refractivity contribution < 1.29 is 4.74 Å². The Bertz CT molecular complexity index is 401. The lowest BCUT2D eigenvalue weighted by atomic mass is 10.3. The van der Waals surface area contributed by atoms with Crippen molar-refractivity contribution in [3.63, 3.8) is 0 Å². The van der Waals surface area contributed by atoms with E-state index >= 15 is 0 Å². The summed E-state index contributed by atoms with van der Waals surface area (Å²) in [7, 11) is 1.54. The Morgan fingerprint density at radius 3 is 2.88 bits per heavy atom. The third-order valence-corrected chi connectivity index (χ3v) is 2.52. The van der Waals surface area contributed by atoms with E-state index in [1.54, 1.807) is 11.5 Å². The second kappa shape index (κ2) is 7.06. The van der Waals surface area contributed by atoms with Gasteiger partial charge < -0.3 is 10.1 Å². The average Bonchev–Trinajstić information content (AvgIpc) is 2.30. The van der Waals surface area contributed by atoms with Crippen molar-refractivity contribution in [1.29, 1.82) is 0 Å². The van der Waals surface area contributed by atoms with Crippen LogP contribution in [0.15, 0.2) is 10.9 Å². The van der Waals surface area contributed by atoms with Crippen LogP contribution in [0.3, 0.4) is 0 Å². The quantitative estimate of drug-likeness (QED) is 0.720. The van der Waals surface area contributed by atoms with Crippen LogP contribution in [0.2, 0.25) is 0 Å². The first-order valence-electron chi connectivity index (χ1n) is 6.02. The predicted octanol–water partition coefficient (Wildman–Crippen LogP) is 0.950. The number of unbranched alkanes of at least 4 members (excludes halogenated alkanes) is 1. The Kier molecular flexibility index (Phi) is 5.69. The summed E-state index contributed by atoms with van der Waals surface area (Å²) in [5, 5.41) is 3.25. The van der Waals surface area contributed by atoms with Crippen LogP contribution in [-0.2, 0) is 6.54 Å². The maximum atomic E-state index is 11.8. The van der Waals surface area contributed by atoms with Gasteiger partial charge in [-0.2, -0.15) is 0 Å². The number of hydrogen-bond acceptors (Lipinski definition) is 4. The summed E-state index contributed by atoms with van der Waals surface area (Å²) in [5.74, 6) is 0. The molecule has 0 saturated heterocycles. The molecule has 0 amide bonds. The van der Waals surface area contributed by atoms with Crippen molar-refractivity contribution in [2.75, 3.05) is 20.2 Å². The number of nitrogens with one attached hydrogen (secondary N) is 1. The molecule has 96 valence electrons. The highest BCUT2D eigenvalue weighted by Gasteiger charge is 2.06. The van der Waals surface area contributed by atoms with E-state index in [2.05, 4.69) is 17.2 Å². The second-order valence-electron chi connectivity index (χ2n) is 3.93. The van der Waals surface area contributed by atoms with Crippen molar-refractivity contribution in [1.82, 2.24) is 14.9 Å². The zero-order valence-electron chi connectivity index (χ0n) is 10.8. The topological polar surface area (TPSA) is 56.1 Å². The number of nitrogens with zero attached hydrogens (tertiary/aromatic N) is 2. The van der Waals surface area contributed by atoms with Crippen LogP contribution in [-0.4, -0.2) is 29.8 Å². The molecule has 1 rings (SSSR count). The molecule has 0 spiro atoms. The third kappa shape index (κ3) is 4.19. The smallest absolute Gasteiger partial charge is 0.299 e.